The average Bonchev–Trinajstić information content (AvgIpc) is 3.10. The summed E-state index contributed by atoms with van der Waals surface area (Å²) in [7, 11) is 0. The lowest BCUT2D eigenvalue weighted by molar-refractivity contribution is -0.124. The fourth-order valence-electron chi connectivity index (χ4n) is 1.90. The van der Waals surface area contributed by atoms with Gasteiger partial charge in [0, 0.05) is 6.54 Å². The number of carbonyl (C=O) groups is 1. The standard InChI is InChI=1S/C10H17N3O2/c1-6-4-7(6)5-12-9(14)10(2-3-10)8(11)13-15/h6-7,15H,2-5H2,1H3,(H2,11,13)(H,12,14). The predicted octanol–water partition coefficient (Wildman–Crippen LogP) is 0.285. The van der Waals surface area contributed by atoms with Gasteiger partial charge < -0.3 is 16.3 Å². The van der Waals surface area contributed by atoms with E-state index in [9.17, 15) is 4.79 Å². The molecule has 0 bridgehead atoms. The summed E-state index contributed by atoms with van der Waals surface area (Å²) in [6, 6.07) is 0. The Balaban J connectivity index is 1.85. The van der Waals surface area contributed by atoms with Crippen molar-refractivity contribution in [3.05, 3.63) is 0 Å². The van der Waals surface area contributed by atoms with Crippen LogP contribution in [0.15, 0.2) is 5.16 Å². The highest BCUT2D eigenvalue weighted by atomic mass is 16.4. The first-order valence-corrected chi connectivity index (χ1v) is 5.36. The highest BCUT2D eigenvalue weighted by Crippen LogP contribution is 2.46. The maximum atomic E-state index is 11.8. The van der Waals surface area contributed by atoms with Gasteiger partial charge in [-0.25, -0.2) is 0 Å². The third-order valence-corrected chi connectivity index (χ3v) is 3.58. The summed E-state index contributed by atoms with van der Waals surface area (Å²) in [6.07, 6.45) is 2.57. The predicted molar refractivity (Wildman–Crippen MR) is 55.4 cm³/mol. The highest BCUT2D eigenvalue weighted by molar-refractivity contribution is 6.09. The number of nitrogens with one attached hydrogen (secondary N) is 1. The lowest BCUT2D eigenvalue weighted by atomic mass is 10.1. The minimum Gasteiger partial charge on any atom is -0.409 e. The number of carbonyl (C=O) groups excluding carboxylic acids is 1. The van der Waals surface area contributed by atoms with Crippen molar-refractivity contribution >= 4 is 11.7 Å². The van der Waals surface area contributed by atoms with Crippen molar-refractivity contribution in [2.45, 2.75) is 26.2 Å². The first kappa shape index (κ1) is 10.3. The first-order chi connectivity index (χ1) is 7.10. The van der Waals surface area contributed by atoms with Gasteiger partial charge >= 0.3 is 0 Å². The monoisotopic (exact) mass is 211 g/mol. The van der Waals surface area contributed by atoms with Gasteiger partial charge in [-0.2, -0.15) is 0 Å². The van der Waals surface area contributed by atoms with Crippen LogP contribution in [0, 0.1) is 17.3 Å². The molecule has 0 aromatic heterocycles. The van der Waals surface area contributed by atoms with Gasteiger partial charge in [-0.05, 0) is 31.1 Å². The average molecular weight is 211 g/mol. The van der Waals surface area contributed by atoms with Gasteiger partial charge in [-0.3, -0.25) is 4.79 Å². The lowest BCUT2D eigenvalue weighted by Gasteiger charge is -2.13. The Bertz CT molecular complexity index is 310. The van der Waals surface area contributed by atoms with Crippen molar-refractivity contribution in [2.24, 2.45) is 28.1 Å². The second-order valence-electron chi connectivity index (χ2n) is 4.75. The number of nitrogens with two attached hydrogens (primary N) is 1. The molecule has 2 atom stereocenters. The molecule has 0 radical (unpaired) electrons. The Hall–Kier alpha value is -1.26. The fourth-order valence-corrected chi connectivity index (χ4v) is 1.90. The largest absolute Gasteiger partial charge is 0.409 e. The van der Waals surface area contributed by atoms with E-state index < -0.39 is 5.41 Å². The first-order valence-electron chi connectivity index (χ1n) is 5.36. The van der Waals surface area contributed by atoms with Crippen LogP contribution in [-0.4, -0.2) is 23.5 Å². The van der Waals surface area contributed by atoms with Gasteiger partial charge in [0.2, 0.25) is 5.91 Å². The number of oxime groups is 1. The van der Waals surface area contributed by atoms with Crippen molar-refractivity contribution in [3.63, 3.8) is 0 Å². The van der Waals surface area contributed by atoms with Crippen LogP contribution in [0.2, 0.25) is 0 Å². The zero-order chi connectivity index (χ0) is 11.1. The van der Waals surface area contributed by atoms with Crippen LogP contribution in [-0.2, 0) is 4.79 Å². The van der Waals surface area contributed by atoms with E-state index in [1.165, 1.54) is 6.42 Å². The maximum Gasteiger partial charge on any atom is 0.233 e. The van der Waals surface area contributed by atoms with Gasteiger partial charge in [-0.15, -0.1) is 0 Å². The quantitative estimate of drug-likeness (QED) is 0.270. The third-order valence-electron chi connectivity index (χ3n) is 3.58. The number of amidine groups is 1. The molecule has 0 aliphatic heterocycles. The second kappa shape index (κ2) is 3.40. The number of hydrogen-bond donors (Lipinski definition) is 3. The number of hydrogen-bond acceptors (Lipinski definition) is 3. The normalized spacial score (nSPS) is 32.2. The highest BCUT2D eigenvalue weighted by Gasteiger charge is 2.54. The minimum atomic E-state index is -0.702. The summed E-state index contributed by atoms with van der Waals surface area (Å²) < 4.78 is 0. The maximum absolute atomic E-state index is 11.8. The third kappa shape index (κ3) is 1.78. The molecular weight excluding hydrogens is 194 g/mol. The van der Waals surface area contributed by atoms with Crippen molar-refractivity contribution in [3.8, 4) is 0 Å². The molecule has 2 fully saturated rings. The summed E-state index contributed by atoms with van der Waals surface area (Å²) in [5.41, 5.74) is 4.80. The Morgan fingerprint density at radius 1 is 1.67 bits per heavy atom. The van der Waals surface area contributed by atoms with E-state index in [4.69, 9.17) is 10.9 Å². The molecule has 2 aliphatic carbocycles. The van der Waals surface area contributed by atoms with Crippen molar-refractivity contribution in [1.82, 2.24) is 5.32 Å². The fraction of sp³-hybridized carbons (Fsp3) is 0.800. The molecule has 0 heterocycles. The van der Waals surface area contributed by atoms with Gasteiger partial charge in [0.15, 0.2) is 5.84 Å². The van der Waals surface area contributed by atoms with E-state index in [1.54, 1.807) is 0 Å². The summed E-state index contributed by atoms with van der Waals surface area (Å²) in [4.78, 5) is 11.8. The second-order valence-corrected chi connectivity index (χ2v) is 4.75. The van der Waals surface area contributed by atoms with Gasteiger partial charge in [0.1, 0.15) is 5.41 Å². The number of rotatable bonds is 4. The Labute approximate surface area is 88.7 Å². The van der Waals surface area contributed by atoms with Crippen LogP contribution in [0.1, 0.15) is 26.2 Å². The topological polar surface area (TPSA) is 87.7 Å². The molecule has 0 aromatic carbocycles. The molecule has 2 unspecified atom stereocenters. The van der Waals surface area contributed by atoms with Crippen LogP contribution in [0.25, 0.3) is 0 Å². The summed E-state index contributed by atoms with van der Waals surface area (Å²) >= 11 is 0. The lowest BCUT2D eigenvalue weighted by Crippen LogP contribution is -2.41. The molecule has 0 saturated heterocycles. The van der Waals surface area contributed by atoms with Gasteiger partial charge in [0.25, 0.3) is 0 Å². The molecule has 4 N–H and O–H groups in total. The molecule has 1 amide bonds. The summed E-state index contributed by atoms with van der Waals surface area (Å²) in [5.74, 6) is 1.31. The van der Waals surface area contributed by atoms with Crippen LogP contribution < -0.4 is 11.1 Å². The van der Waals surface area contributed by atoms with Crippen LogP contribution in [0.3, 0.4) is 0 Å². The van der Waals surface area contributed by atoms with Gasteiger partial charge in [-0.1, -0.05) is 12.1 Å². The molecule has 15 heavy (non-hydrogen) atoms. The molecule has 2 rings (SSSR count). The van der Waals surface area contributed by atoms with E-state index in [0.29, 0.717) is 18.8 Å². The Morgan fingerprint density at radius 2 is 2.27 bits per heavy atom. The summed E-state index contributed by atoms with van der Waals surface area (Å²) in [6.45, 7) is 2.90. The molecule has 2 aliphatic rings. The van der Waals surface area contributed by atoms with E-state index in [-0.39, 0.29) is 11.7 Å². The van der Waals surface area contributed by atoms with Crippen LogP contribution in [0.4, 0.5) is 0 Å². The van der Waals surface area contributed by atoms with E-state index >= 15 is 0 Å². The SMILES string of the molecule is CC1CC1CNC(=O)C1(C(N)=NO)CC1. The zero-order valence-corrected chi connectivity index (χ0v) is 8.86. The van der Waals surface area contributed by atoms with Crippen molar-refractivity contribution < 1.29 is 10.0 Å². The van der Waals surface area contributed by atoms with Crippen molar-refractivity contribution in [2.75, 3.05) is 6.54 Å². The molecule has 5 heteroatoms. The molecule has 0 spiro atoms. The minimum absolute atomic E-state index is 0.0452. The van der Waals surface area contributed by atoms with Gasteiger partial charge in [0.05, 0.1) is 0 Å². The molecule has 2 saturated carbocycles. The van der Waals surface area contributed by atoms with E-state index in [0.717, 1.165) is 12.5 Å². The number of amides is 1. The Morgan fingerprint density at radius 3 is 2.67 bits per heavy atom. The zero-order valence-electron chi connectivity index (χ0n) is 8.86. The molecule has 0 aromatic rings. The molecular formula is C10H17N3O2. The molecule has 84 valence electrons. The van der Waals surface area contributed by atoms with Crippen LogP contribution >= 0.6 is 0 Å². The Kier molecular flexibility index (Phi) is 2.32. The molecule has 5 nitrogen and oxygen atoms in total. The van der Waals surface area contributed by atoms with E-state index in [2.05, 4.69) is 17.4 Å². The van der Waals surface area contributed by atoms with E-state index in [1.807, 2.05) is 0 Å². The van der Waals surface area contributed by atoms with Crippen LogP contribution in [0.5, 0.6) is 0 Å². The van der Waals surface area contributed by atoms with Crippen molar-refractivity contribution in [1.29, 1.82) is 0 Å². The smallest absolute Gasteiger partial charge is 0.233 e. The number of nitrogens with zero attached hydrogens (tertiary/aromatic N) is 1. The summed E-state index contributed by atoms with van der Waals surface area (Å²) in [5, 5.41) is 14.4.